The van der Waals surface area contributed by atoms with E-state index in [2.05, 4.69) is 37.2 Å². The van der Waals surface area contributed by atoms with E-state index in [0.717, 1.165) is 0 Å². The Bertz CT molecular complexity index is 624. The first-order chi connectivity index (χ1) is 11.2. The second-order valence-electron chi connectivity index (χ2n) is 4.81. The lowest BCUT2D eigenvalue weighted by molar-refractivity contribution is -0.536. The normalized spacial score (nSPS) is 14.2. The Labute approximate surface area is 156 Å². The number of alkyl halides is 1. The van der Waals surface area contributed by atoms with Gasteiger partial charge in [-0.05, 0) is 19.1 Å². The third-order valence-electron chi connectivity index (χ3n) is 3.24. The molecule has 10 heteroatoms. The minimum absolute atomic E-state index is 0.142. The molecular formula is C14H18Br2N2O6. The summed E-state index contributed by atoms with van der Waals surface area (Å²) in [6.07, 6.45) is -0.767. The Kier molecular flexibility index (Phi) is 7.27. The number of carbonyl (C=O) groups excluding carboxylic acids is 1. The summed E-state index contributed by atoms with van der Waals surface area (Å²) in [4.78, 5) is 22.8. The molecule has 0 bridgehead atoms. The van der Waals surface area contributed by atoms with Crippen LogP contribution >= 0.6 is 31.9 Å². The predicted molar refractivity (Wildman–Crippen MR) is 94.5 cm³/mol. The molecule has 0 aliphatic heterocycles. The van der Waals surface area contributed by atoms with E-state index in [1.54, 1.807) is 19.1 Å². The van der Waals surface area contributed by atoms with E-state index in [1.165, 1.54) is 21.1 Å². The Balaban J connectivity index is 3.43. The first kappa shape index (κ1) is 20.5. The minimum Gasteiger partial charge on any atom is -0.493 e. The van der Waals surface area contributed by atoms with Gasteiger partial charge in [-0.1, -0.05) is 15.9 Å². The number of hydrogen-bond donors (Lipinski definition) is 1. The molecule has 0 saturated heterocycles. The molecule has 8 nitrogen and oxygen atoms in total. The van der Waals surface area contributed by atoms with Crippen LogP contribution in [-0.4, -0.2) is 36.3 Å². The lowest BCUT2D eigenvalue weighted by atomic mass is 10.00. The van der Waals surface area contributed by atoms with Crippen LogP contribution in [0.3, 0.4) is 0 Å². The fourth-order valence-corrected chi connectivity index (χ4v) is 2.89. The maximum Gasteiger partial charge on any atom is 0.407 e. The van der Waals surface area contributed by atoms with Gasteiger partial charge in [-0.2, -0.15) is 0 Å². The second kappa shape index (κ2) is 8.52. The number of nitrogens with zero attached hydrogens (tertiary/aromatic N) is 1. The van der Waals surface area contributed by atoms with Gasteiger partial charge < -0.3 is 19.5 Å². The smallest absolute Gasteiger partial charge is 0.407 e. The zero-order valence-corrected chi connectivity index (χ0v) is 16.8. The molecule has 1 amide bonds. The van der Waals surface area contributed by atoms with Gasteiger partial charge >= 0.3 is 6.09 Å². The fraction of sp³-hybridized carbons (Fsp3) is 0.500. The van der Waals surface area contributed by atoms with E-state index < -0.39 is 21.5 Å². The molecule has 134 valence electrons. The van der Waals surface area contributed by atoms with Crippen molar-refractivity contribution >= 4 is 38.0 Å². The quantitative estimate of drug-likeness (QED) is 0.283. The maximum atomic E-state index is 11.8. The van der Waals surface area contributed by atoms with Gasteiger partial charge in [-0.3, -0.25) is 10.1 Å². The average Bonchev–Trinajstić information content (AvgIpc) is 2.52. The van der Waals surface area contributed by atoms with Crippen LogP contribution in [0.1, 0.15) is 25.5 Å². The van der Waals surface area contributed by atoms with Crippen molar-refractivity contribution in [3.05, 3.63) is 32.3 Å². The zero-order chi connectivity index (χ0) is 18.5. The van der Waals surface area contributed by atoms with Crippen molar-refractivity contribution in [1.29, 1.82) is 0 Å². The molecule has 1 rings (SSSR count). The monoisotopic (exact) mass is 468 g/mol. The van der Waals surface area contributed by atoms with Crippen molar-refractivity contribution in [3.8, 4) is 11.5 Å². The van der Waals surface area contributed by atoms with Gasteiger partial charge in [-0.25, -0.2) is 4.79 Å². The summed E-state index contributed by atoms with van der Waals surface area (Å²) in [5.74, 6) is 0.818. The highest BCUT2D eigenvalue weighted by molar-refractivity contribution is 9.10. The summed E-state index contributed by atoms with van der Waals surface area (Å²) < 4.78 is 14.1. The van der Waals surface area contributed by atoms with Crippen LogP contribution in [-0.2, 0) is 4.74 Å². The molecular weight excluding hydrogens is 452 g/mol. The number of nitro groups is 1. The van der Waals surface area contributed by atoms with Crippen molar-refractivity contribution in [2.45, 2.75) is 24.3 Å². The molecule has 0 fully saturated rings. The molecule has 0 saturated carbocycles. The van der Waals surface area contributed by atoms with Gasteiger partial charge in [0.05, 0.1) is 20.8 Å². The van der Waals surface area contributed by atoms with E-state index in [4.69, 9.17) is 14.2 Å². The van der Waals surface area contributed by atoms with Gasteiger partial charge in [-0.15, -0.1) is 0 Å². The maximum absolute atomic E-state index is 11.8. The zero-order valence-electron chi connectivity index (χ0n) is 13.6. The van der Waals surface area contributed by atoms with E-state index in [-0.39, 0.29) is 6.61 Å². The predicted octanol–water partition coefficient (Wildman–Crippen LogP) is 3.64. The van der Waals surface area contributed by atoms with Crippen molar-refractivity contribution < 1.29 is 23.9 Å². The summed E-state index contributed by atoms with van der Waals surface area (Å²) in [5.41, 5.74) is 0.428. The standard InChI is InChI=1S/C14H18Br2N2O6/c1-5-24-13(19)17-12(14(2,16)18(20)21)8-6-10(22-3)11(23-4)7-9(8)15/h6-7,12H,5H2,1-4H3,(H,17,19). The first-order valence-electron chi connectivity index (χ1n) is 6.87. The van der Waals surface area contributed by atoms with Crippen molar-refractivity contribution in [2.75, 3.05) is 20.8 Å². The van der Waals surface area contributed by atoms with Gasteiger partial charge in [0.25, 0.3) is 4.45 Å². The molecule has 0 aromatic heterocycles. The van der Waals surface area contributed by atoms with Crippen molar-refractivity contribution in [1.82, 2.24) is 5.32 Å². The number of halogens is 2. The van der Waals surface area contributed by atoms with E-state index in [1.807, 2.05) is 0 Å². The summed E-state index contributed by atoms with van der Waals surface area (Å²) in [6, 6.07) is 2.13. The number of alkyl carbamates (subject to hydrolysis) is 1. The highest BCUT2D eigenvalue weighted by Crippen LogP contribution is 2.42. The molecule has 0 spiro atoms. The summed E-state index contributed by atoms with van der Waals surface area (Å²) in [6.45, 7) is 3.12. The molecule has 1 aromatic rings. The lowest BCUT2D eigenvalue weighted by Gasteiger charge is -2.27. The summed E-state index contributed by atoms with van der Waals surface area (Å²) >= 11 is 6.43. The number of nitrogens with one attached hydrogen (secondary N) is 1. The van der Waals surface area contributed by atoms with Crippen LogP contribution in [0.15, 0.2) is 16.6 Å². The number of ether oxygens (including phenoxy) is 3. The Morgan fingerprint density at radius 1 is 1.38 bits per heavy atom. The minimum atomic E-state index is -1.68. The topological polar surface area (TPSA) is 99.9 Å². The number of methoxy groups -OCH3 is 2. The van der Waals surface area contributed by atoms with Crippen LogP contribution in [0.25, 0.3) is 0 Å². The number of hydrogen-bond acceptors (Lipinski definition) is 6. The summed E-state index contributed by atoms with van der Waals surface area (Å²) in [7, 11) is 2.92. The summed E-state index contributed by atoms with van der Waals surface area (Å²) in [5, 5.41) is 14.0. The lowest BCUT2D eigenvalue weighted by Crippen LogP contribution is -2.45. The molecule has 0 heterocycles. The third-order valence-corrected chi connectivity index (χ3v) is 4.67. The Hall–Kier alpha value is -1.55. The molecule has 2 atom stereocenters. The SMILES string of the molecule is CCOC(=O)NC(c1cc(OC)c(OC)cc1Br)C(C)(Br)[N+](=O)[O-]. The highest BCUT2D eigenvalue weighted by Gasteiger charge is 2.46. The molecule has 2 unspecified atom stereocenters. The Morgan fingerprint density at radius 2 is 1.92 bits per heavy atom. The van der Waals surface area contributed by atoms with Gasteiger partial charge in [0.2, 0.25) is 0 Å². The van der Waals surface area contributed by atoms with Gasteiger partial charge in [0, 0.05) is 37.8 Å². The third kappa shape index (κ3) is 4.50. The average molecular weight is 470 g/mol. The molecule has 0 aliphatic rings. The van der Waals surface area contributed by atoms with Crippen LogP contribution in [0.4, 0.5) is 4.79 Å². The number of rotatable bonds is 7. The molecule has 24 heavy (non-hydrogen) atoms. The first-order valence-corrected chi connectivity index (χ1v) is 8.45. The van der Waals surface area contributed by atoms with Crippen LogP contribution in [0, 0.1) is 10.1 Å². The number of amides is 1. The van der Waals surface area contributed by atoms with E-state index in [9.17, 15) is 14.9 Å². The number of benzene rings is 1. The highest BCUT2D eigenvalue weighted by atomic mass is 79.9. The van der Waals surface area contributed by atoms with Gasteiger partial charge in [0.1, 0.15) is 6.04 Å². The van der Waals surface area contributed by atoms with E-state index >= 15 is 0 Å². The van der Waals surface area contributed by atoms with Crippen LogP contribution < -0.4 is 14.8 Å². The van der Waals surface area contributed by atoms with Crippen molar-refractivity contribution in [3.63, 3.8) is 0 Å². The van der Waals surface area contributed by atoms with Crippen molar-refractivity contribution in [2.24, 2.45) is 0 Å². The largest absolute Gasteiger partial charge is 0.493 e. The van der Waals surface area contributed by atoms with E-state index in [0.29, 0.717) is 21.5 Å². The molecule has 0 radical (unpaired) electrons. The fourth-order valence-electron chi connectivity index (χ4n) is 1.98. The number of carbonyl (C=O) groups is 1. The van der Waals surface area contributed by atoms with Crippen LogP contribution in [0.5, 0.6) is 11.5 Å². The van der Waals surface area contributed by atoms with Crippen LogP contribution in [0.2, 0.25) is 0 Å². The van der Waals surface area contributed by atoms with Gasteiger partial charge in [0.15, 0.2) is 11.5 Å². The molecule has 0 aliphatic carbocycles. The Morgan fingerprint density at radius 3 is 2.38 bits per heavy atom. The molecule has 1 N–H and O–H groups in total. The second-order valence-corrected chi connectivity index (χ2v) is 7.27. The molecule has 1 aromatic carbocycles.